The van der Waals surface area contributed by atoms with E-state index in [1.165, 1.54) is 6.07 Å². The van der Waals surface area contributed by atoms with Crippen molar-refractivity contribution in [1.82, 2.24) is 0 Å². The first-order valence-electron chi connectivity index (χ1n) is 5.38. The van der Waals surface area contributed by atoms with Gasteiger partial charge in [-0.3, -0.25) is 0 Å². The summed E-state index contributed by atoms with van der Waals surface area (Å²) >= 11 is 3.12. The van der Waals surface area contributed by atoms with Gasteiger partial charge >= 0.3 is 0 Å². The van der Waals surface area contributed by atoms with Crippen molar-refractivity contribution in [3.63, 3.8) is 0 Å². The van der Waals surface area contributed by atoms with E-state index < -0.39 is 0 Å². The van der Waals surface area contributed by atoms with Crippen LogP contribution in [0.2, 0.25) is 0 Å². The number of halogens is 2. The van der Waals surface area contributed by atoms with Gasteiger partial charge in [0, 0.05) is 10.9 Å². The van der Waals surface area contributed by atoms with Gasteiger partial charge in [0.1, 0.15) is 25.0 Å². The van der Waals surface area contributed by atoms with Crippen molar-refractivity contribution < 1.29 is 8.81 Å². The van der Waals surface area contributed by atoms with E-state index in [0.717, 1.165) is 11.0 Å². The molecule has 3 rings (SSSR count). The molecule has 0 unspecified atom stereocenters. The van der Waals surface area contributed by atoms with Crippen LogP contribution >= 0.6 is 15.9 Å². The van der Waals surface area contributed by atoms with E-state index >= 15 is 0 Å². The second-order valence-corrected chi connectivity index (χ2v) is 4.89. The van der Waals surface area contributed by atoms with Crippen molar-refractivity contribution in [2.75, 3.05) is 0 Å². The summed E-state index contributed by atoms with van der Waals surface area (Å²) < 4.78 is 19.6. The van der Waals surface area contributed by atoms with Crippen LogP contribution in [0.15, 0.2) is 51.4 Å². The Labute approximate surface area is 113 Å². The molecule has 3 aromatic rings. The Hall–Kier alpha value is -1.55. The molecule has 18 heavy (non-hydrogen) atoms. The van der Waals surface area contributed by atoms with Gasteiger partial charge in [0.25, 0.3) is 0 Å². The van der Waals surface area contributed by atoms with Gasteiger partial charge < -0.3 is 4.42 Å². The lowest BCUT2D eigenvalue weighted by molar-refractivity contribution is 0.614. The zero-order valence-electron chi connectivity index (χ0n) is 9.28. The molecule has 2 radical (unpaired) electrons. The summed E-state index contributed by atoms with van der Waals surface area (Å²) in [5.74, 6) is 0.314. The van der Waals surface area contributed by atoms with Crippen LogP contribution in [-0.2, 0) is 0 Å². The normalized spacial score (nSPS) is 11.0. The van der Waals surface area contributed by atoms with Crippen LogP contribution in [0.1, 0.15) is 0 Å². The monoisotopic (exact) mass is 300 g/mol. The molecule has 1 nitrogen and oxygen atoms in total. The van der Waals surface area contributed by atoms with Crippen molar-refractivity contribution in [1.29, 1.82) is 0 Å². The van der Waals surface area contributed by atoms with Crippen LogP contribution < -0.4 is 5.46 Å². The highest BCUT2D eigenvalue weighted by Gasteiger charge is 2.08. The number of hydrogen-bond donors (Lipinski definition) is 0. The van der Waals surface area contributed by atoms with Crippen LogP contribution in [0, 0.1) is 5.82 Å². The Morgan fingerprint density at radius 2 is 1.89 bits per heavy atom. The van der Waals surface area contributed by atoms with Crippen LogP contribution in [-0.4, -0.2) is 7.85 Å². The molecule has 1 aromatic heterocycles. The fourth-order valence-corrected chi connectivity index (χ4v) is 2.10. The summed E-state index contributed by atoms with van der Waals surface area (Å²) in [6.45, 7) is 0. The number of benzene rings is 2. The molecule has 1 heterocycles. The van der Waals surface area contributed by atoms with Gasteiger partial charge in [-0.2, -0.15) is 0 Å². The predicted molar refractivity (Wildman–Crippen MR) is 74.7 cm³/mol. The Kier molecular flexibility index (Phi) is 2.75. The molecule has 86 valence electrons. The van der Waals surface area contributed by atoms with Crippen LogP contribution in [0.3, 0.4) is 0 Å². The first kappa shape index (κ1) is 11.5. The van der Waals surface area contributed by atoms with E-state index in [2.05, 4.69) is 15.9 Å². The number of furan rings is 1. The molecule has 0 N–H and O–H groups in total. The van der Waals surface area contributed by atoms with Gasteiger partial charge in [-0.05, 0) is 46.3 Å². The average Bonchev–Trinajstić information content (AvgIpc) is 2.75. The van der Waals surface area contributed by atoms with Crippen molar-refractivity contribution in [3.8, 4) is 11.3 Å². The zero-order valence-corrected chi connectivity index (χ0v) is 10.9. The van der Waals surface area contributed by atoms with Crippen molar-refractivity contribution in [2.24, 2.45) is 0 Å². The fourth-order valence-electron chi connectivity index (χ4n) is 1.85. The summed E-state index contributed by atoms with van der Waals surface area (Å²) in [4.78, 5) is 0. The molecular formula is C14H7BBrFO. The molecule has 2 aromatic carbocycles. The van der Waals surface area contributed by atoms with E-state index in [-0.39, 0.29) is 5.82 Å². The lowest BCUT2D eigenvalue weighted by Crippen LogP contribution is -1.98. The van der Waals surface area contributed by atoms with Crippen molar-refractivity contribution in [3.05, 3.63) is 52.8 Å². The second kappa shape index (κ2) is 4.28. The Morgan fingerprint density at radius 1 is 1.06 bits per heavy atom. The third-order valence-electron chi connectivity index (χ3n) is 2.74. The minimum Gasteiger partial charge on any atom is -0.456 e. The summed E-state index contributed by atoms with van der Waals surface area (Å²) in [6.07, 6.45) is 0. The Morgan fingerprint density at radius 3 is 2.67 bits per heavy atom. The molecule has 0 aliphatic rings. The topological polar surface area (TPSA) is 13.1 Å². The highest BCUT2D eigenvalue weighted by molar-refractivity contribution is 9.10. The first-order chi connectivity index (χ1) is 8.63. The molecule has 0 amide bonds. The Balaban J connectivity index is 2.16. The molecule has 0 aliphatic heterocycles. The maximum atomic E-state index is 13.5. The molecule has 0 saturated carbocycles. The largest absolute Gasteiger partial charge is 0.456 e. The van der Waals surface area contributed by atoms with E-state index in [1.807, 2.05) is 18.2 Å². The lowest BCUT2D eigenvalue weighted by atomic mass is 9.95. The third kappa shape index (κ3) is 1.97. The summed E-state index contributed by atoms with van der Waals surface area (Å²) in [7, 11) is 5.71. The van der Waals surface area contributed by atoms with E-state index in [4.69, 9.17) is 12.3 Å². The highest BCUT2D eigenvalue weighted by Crippen LogP contribution is 2.29. The second-order valence-electron chi connectivity index (χ2n) is 4.04. The van der Waals surface area contributed by atoms with E-state index in [1.54, 1.807) is 18.2 Å². The Bertz CT molecular complexity index is 736. The van der Waals surface area contributed by atoms with Crippen molar-refractivity contribution >= 4 is 40.2 Å². The molecule has 0 bridgehead atoms. The van der Waals surface area contributed by atoms with Gasteiger partial charge in [-0.25, -0.2) is 4.39 Å². The minimum atomic E-state index is -0.313. The lowest BCUT2D eigenvalue weighted by Gasteiger charge is -1.98. The zero-order chi connectivity index (χ0) is 12.7. The quantitative estimate of drug-likeness (QED) is 0.623. The van der Waals surface area contributed by atoms with E-state index in [0.29, 0.717) is 21.3 Å². The maximum absolute atomic E-state index is 13.5. The van der Waals surface area contributed by atoms with Gasteiger partial charge in [0.2, 0.25) is 0 Å². The first-order valence-corrected chi connectivity index (χ1v) is 6.17. The molecule has 0 fully saturated rings. The highest BCUT2D eigenvalue weighted by atomic mass is 79.9. The van der Waals surface area contributed by atoms with Gasteiger partial charge in [0.15, 0.2) is 0 Å². The van der Waals surface area contributed by atoms with Gasteiger partial charge in [0.05, 0.1) is 4.47 Å². The SMILES string of the molecule is [B]c1ccc2oc(-c3ccc(Br)c(F)c3)cc2c1. The van der Waals surface area contributed by atoms with Crippen LogP contribution in [0.5, 0.6) is 0 Å². The number of fused-ring (bicyclic) bond motifs is 1. The van der Waals surface area contributed by atoms with Crippen LogP contribution in [0.25, 0.3) is 22.3 Å². The summed E-state index contributed by atoms with van der Waals surface area (Å²) in [5, 5.41) is 0.910. The summed E-state index contributed by atoms with van der Waals surface area (Å²) in [5.41, 5.74) is 2.12. The molecule has 0 saturated heterocycles. The molecule has 0 aliphatic carbocycles. The summed E-state index contributed by atoms with van der Waals surface area (Å²) in [6, 6.07) is 12.2. The van der Waals surface area contributed by atoms with E-state index in [9.17, 15) is 4.39 Å². The minimum absolute atomic E-state index is 0.313. The number of rotatable bonds is 1. The number of hydrogen-bond acceptors (Lipinski definition) is 1. The van der Waals surface area contributed by atoms with Gasteiger partial charge in [-0.1, -0.05) is 17.6 Å². The van der Waals surface area contributed by atoms with Gasteiger partial charge in [-0.15, -0.1) is 0 Å². The predicted octanol–water partition coefficient (Wildman–Crippen LogP) is 3.80. The third-order valence-corrected chi connectivity index (χ3v) is 3.39. The maximum Gasteiger partial charge on any atom is 0.138 e. The molecular weight excluding hydrogens is 294 g/mol. The van der Waals surface area contributed by atoms with Crippen LogP contribution in [0.4, 0.5) is 4.39 Å². The molecule has 4 heteroatoms. The average molecular weight is 301 g/mol. The van der Waals surface area contributed by atoms with Crippen molar-refractivity contribution in [2.45, 2.75) is 0 Å². The standard InChI is InChI=1S/C14H7BBrFO/c15-10-2-4-13-9(5-10)7-14(18-13)8-1-3-11(16)12(17)6-8/h1-7H. The fraction of sp³-hybridized carbons (Fsp3) is 0. The molecule has 0 atom stereocenters. The molecule has 0 spiro atoms. The smallest absolute Gasteiger partial charge is 0.138 e.